The van der Waals surface area contributed by atoms with E-state index in [9.17, 15) is 9.59 Å². The van der Waals surface area contributed by atoms with Gasteiger partial charge in [0, 0.05) is 18.2 Å². The van der Waals surface area contributed by atoms with Gasteiger partial charge in [-0.1, -0.05) is 32.4 Å². The van der Waals surface area contributed by atoms with Crippen molar-refractivity contribution in [2.24, 2.45) is 5.41 Å². The lowest BCUT2D eigenvalue weighted by molar-refractivity contribution is -0.136. The Balaban J connectivity index is 3.09. The second kappa shape index (κ2) is 6.02. The van der Waals surface area contributed by atoms with Crippen LogP contribution in [0.25, 0.3) is 0 Å². The highest BCUT2D eigenvalue weighted by Gasteiger charge is 2.29. The number of carbonyl (C=O) groups excluding carboxylic acids is 1. The van der Waals surface area contributed by atoms with E-state index in [1.807, 2.05) is 0 Å². The van der Waals surface area contributed by atoms with Crippen molar-refractivity contribution in [2.75, 3.05) is 11.4 Å². The van der Waals surface area contributed by atoms with Crippen LogP contribution in [-0.4, -0.2) is 28.5 Å². The van der Waals surface area contributed by atoms with Gasteiger partial charge in [0.1, 0.15) is 0 Å². The lowest BCUT2D eigenvalue weighted by Crippen LogP contribution is -2.41. The molecule has 0 aliphatic rings. The van der Waals surface area contributed by atoms with Crippen LogP contribution in [0.1, 0.15) is 27.2 Å². The summed E-state index contributed by atoms with van der Waals surface area (Å²) in [5, 5.41) is 8.96. The molecule has 0 saturated carbocycles. The Morgan fingerprint density at radius 1 is 1.42 bits per heavy atom. The van der Waals surface area contributed by atoms with E-state index in [0.717, 1.165) is 0 Å². The predicted octanol–water partition coefficient (Wildman–Crippen LogP) is 2.59. The van der Waals surface area contributed by atoms with E-state index in [1.54, 1.807) is 32.9 Å². The van der Waals surface area contributed by atoms with Crippen molar-refractivity contribution in [3.8, 4) is 0 Å². The second-order valence-corrected chi connectivity index (χ2v) is 5.52. The van der Waals surface area contributed by atoms with E-state index in [2.05, 4.69) is 4.98 Å². The number of nitrogens with zero attached hydrogens (tertiary/aromatic N) is 2. The summed E-state index contributed by atoms with van der Waals surface area (Å²) in [5.41, 5.74) is -0.192. The Bertz CT molecular complexity index is 483. The maximum absolute atomic E-state index is 12.4. The number of rotatable bonds is 4. The zero-order valence-corrected chi connectivity index (χ0v) is 11.9. The summed E-state index contributed by atoms with van der Waals surface area (Å²) in [4.78, 5) is 28.4. The van der Waals surface area contributed by atoms with Gasteiger partial charge in [0.15, 0.2) is 5.15 Å². The third-order valence-corrected chi connectivity index (χ3v) is 2.76. The minimum atomic E-state index is -0.966. The van der Waals surface area contributed by atoms with Gasteiger partial charge in [-0.25, -0.2) is 4.98 Å². The summed E-state index contributed by atoms with van der Waals surface area (Å²) in [5.74, 6) is -1.16. The number of aromatic nitrogens is 1. The number of pyridine rings is 1. The molecule has 0 aromatic carbocycles. The average Bonchev–Trinajstić information content (AvgIpc) is 2.29. The third kappa shape index (κ3) is 4.21. The molecule has 1 aromatic rings. The van der Waals surface area contributed by atoms with Gasteiger partial charge in [0.25, 0.3) is 0 Å². The highest BCUT2D eigenvalue weighted by atomic mass is 35.5. The van der Waals surface area contributed by atoms with E-state index in [4.69, 9.17) is 16.7 Å². The van der Waals surface area contributed by atoms with E-state index < -0.39 is 11.4 Å². The molecule has 1 rings (SSSR count). The van der Waals surface area contributed by atoms with Crippen LogP contribution in [0.2, 0.25) is 5.15 Å². The number of anilines is 1. The number of amides is 1. The van der Waals surface area contributed by atoms with Gasteiger partial charge < -0.3 is 10.0 Å². The summed E-state index contributed by atoms with van der Waals surface area (Å²) in [6.07, 6.45) is 1.37. The van der Waals surface area contributed by atoms with Crippen LogP contribution in [0.4, 0.5) is 5.69 Å². The predicted molar refractivity (Wildman–Crippen MR) is 73.3 cm³/mol. The first-order valence-electron chi connectivity index (χ1n) is 5.87. The fourth-order valence-corrected chi connectivity index (χ4v) is 1.74. The largest absolute Gasteiger partial charge is 0.481 e. The number of hydrogen-bond donors (Lipinski definition) is 1. The molecule has 0 fully saturated rings. The molecule has 0 bridgehead atoms. The van der Waals surface area contributed by atoms with Crippen LogP contribution in [-0.2, 0) is 9.59 Å². The first kappa shape index (κ1) is 15.4. The molecule has 0 atom stereocenters. The fourth-order valence-electron chi connectivity index (χ4n) is 1.52. The molecule has 5 nitrogen and oxygen atoms in total. The van der Waals surface area contributed by atoms with E-state index in [-0.39, 0.29) is 24.0 Å². The SMILES string of the molecule is CC(C)(C)C(=O)N(CCC(=O)O)c1cccnc1Cl. The average molecular weight is 285 g/mol. The molecule has 6 heteroatoms. The third-order valence-electron chi connectivity index (χ3n) is 2.47. The maximum atomic E-state index is 12.4. The molecule has 1 aromatic heterocycles. The molecule has 0 aliphatic heterocycles. The van der Waals surface area contributed by atoms with E-state index in [1.165, 1.54) is 11.1 Å². The van der Waals surface area contributed by atoms with Gasteiger partial charge in [-0.05, 0) is 12.1 Å². The summed E-state index contributed by atoms with van der Waals surface area (Å²) < 4.78 is 0. The molecule has 104 valence electrons. The molecule has 0 aliphatic carbocycles. The lowest BCUT2D eigenvalue weighted by Gasteiger charge is -2.29. The van der Waals surface area contributed by atoms with Crippen LogP contribution < -0.4 is 4.90 Å². The second-order valence-electron chi connectivity index (χ2n) is 5.16. The number of halogens is 1. The summed E-state index contributed by atoms with van der Waals surface area (Å²) >= 11 is 5.98. The Labute approximate surface area is 117 Å². The van der Waals surface area contributed by atoms with Gasteiger partial charge in [-0.2, -0.15) is 0 Å². The Morgan fingerprint density at radius 2 is 2.05 bits per heavy atom. The van der Waals surface area contributed by atoms with Crippen molar-refractivity contribution in [2.45, 2.75) is 27.2 Å². The van der Waals surface area contributed by atoms with Crippen molar-refractivity contribution in [1.29, 1.82) is 0 Å². The summed E-state index contributed by atoms with van der Waals surface area (Å²) in [7, 11) is 0. The number of carbonyl (C=O) groups is 2. The molecule has 0 spiro atoms. The van der Waals surface area contributed by atoms with E-state index in [0.29, 0.717) is 5.69 Å². The first-order chi connectivity index (χ1) is 8.73. The van der Waals surface area contributed by atoms with Crippen molar-refractivity contribution < 1.29 is 14.7 Å². The molecule has 1 amide bonds. The van der Waals surface area contributed by atoms with Crippen LogP contribution >= 0.6 is 11.6 Å². The first-order valence-corrected chi connectivity index (χ1v) is 6.25. The summed E-state index contributed by atoms with van der Waals surface area (Å²) in [6.45, 7) is 5.38. The molecule has 0 saturated heterocycles. The molecule has 19 heavy (non-hydrogen) atoms. The van der Waals surface area contributed by atoms with Gasteiger partial charge in [-0.3, -0.25) is 9.59 Å². The van der Waals surface area contributed by atoms with Crippen LogP contribution in [0.15, 0.2) is 18.3 Å². The zero-order chi connectivity index (χ0) is 14.6. The fraction of sp³-hybridized carbons (Fsp3) is 0.462. The molecular weight excluding hydrogens is 268 g/mol. The number of hydrogen-bond acceptors (Lipinski definition) is 3. The highest BCUT2D eigenvalue weighted by molar-refractivity contribution is 6.32. The van der Waals surface area contributed by atoms with Crippen LogP contribution in [0, 0.1) is 5.41 Å². The normalized spacial score (nSPS) is 11.2. The minimum Gasteiger partial charge on any atom is -0.481 e. The topological polar surface area (TPSA) is 70.5 Å². The molecule has 1 N–H and O–H groups in total. The van der Waals surface area contributed by atoms with E-state index >= 15 is 0 Å². The van der Waals surface area contributed by atoms with Crippen molar-refractivity contribution in [1.82, 2.24) is 4.98 Å². The summed E-state index contributed by atoms with van der Waals surface area (Å²) in [6, 6.07) is 3.31. The smallest absolute Gasteiger partial charge is 0.305 e. The quantitative estimate of drug-likeness (QED) is 0.863. The van der Waals surface area contributed by atoms with Crippen molar-refractivity contribution in [3.63, 3.8) is 0 Å². The molecule has 0 radical (unpaired) electrons. The van der Waals surface area contributed by atoms with Crippen LogP contribution in [0.5, 0.6) is 0 Å². The molecular formula is C13H17ClN2O3. The van der Waals surface area contributed by atoms with Gasteiger partial charge in [0.05, 0.1) is 12.1 Å². The van der Waals surface area contributed by atoms with Crippen LogP contribution in [0.3, 0.4) is 0 Å². The number of aliphatic carboxylic acids is 1. The lowest BCUT2D eigenvalue weighted by atomic mass is 9.94. The highest BCUT2D eigenvalue weighted by Crippen LogP contribution is 2.28. The minimum absolute atomic E-state index is 0.0663. The standard InChI is InChI=1S/C13H17ClN2O3/c1-13(2,3)12(19)16(8-6-10(17)18)9-5-4-7-15-11(9)14/h4-5,7H,6,8H2,1-3H3,(H,17,18). The van der Waals surface area contributed by atoms with Crippen molar-refractivity contribution >= 4 is 29.2 Å². The zero-order valence-electron chi connectivity index (χ0n) is 11.2. The molecule has 1 heterocycles. The Kier molecular flexibility index (Phi) is 4.89. The van der Waals surface area contributed by atoms with Crippen molar-refractivity contribution in [3.05, 3.63) is 23.5 Å². The van der Waals surface area contributed by atoms with Gasteiger partial charge in [0.2, 0.25) is 5.91 Å². The number of carboxylic acid groups (broad SMARTS) is 1. The Hall–Kier alpha value is -1.62. The molecule has 0 unspecified atom stereocenters. The monoisotopic (exact) mass is 284 g/mol. The van der Waals surface area contributed by atoms with Gasteiger partial charge in [-0.15, -0.1) is 0 Å². The number of carboxylic acids is 1. The van der Waals surface area contributed by atoms with Gasteiger partial charge >= 0.3 is 5.97 Å². The maximum Gasteiger partial charge on any atom is 0.305 e. The Morgan fingerprint density at radius 3 is 2.53 bits per heavy atom.